The molecule has 0 aliphatic carbocycles. The summed E-state index contributed by atoms with van der Waals surface area (Å²) in [6.07, 6.45) is 0.495. The lowest BCUT2D eigenvalue weighted by Gasteiger charge is -2.20. The van der Waals surface area contributed by atoms with Crippen LogP contribution in [0.1, 0.15) is 23.7 Å². The molecular weight excluding hydrogens is 276 g/mol. The van der Waals surface area contributed by atoms with Crippen molar-refractivity contribution < 1.29 is 24.5 Å². The minimum Gasteiger partial charge on any atom is -0.497 e. The van der Waals surface area contributed by atoms with Crippen LogP contribution >= 0.6 is 0 Å². The number of amides is 2. The molecule has 1 saturated heterocycles. The lowest BCUT2D eigenvalue weighted by molar-refractivity contribution is 0.0695. The lowest BCUT2D eigenvalue weighted by atomic mass is 10.1. The van der Waals surface area contributed by atoms with Crippen LogP contribution in [-0.2, 0) is 0 Å². The fraction of sp³-hybridized carbons (Fsp3) is 0.429. The minimum atomic E-state index is -1.15. The van der Waals surface area contributed by atoms with Crippen LogP contribution in [0.5, 0.6) is 5.75 Å². The molecule has 1 aromatic rings. The third-order valence-electron chi connectivity index (χ3n) is 3.44. The fourth-order valence-electron chi connectivity index (χ4n) is 2.25. The van der Waals surface area contributed by atoms with Gasteiger partial charge in [-0.3, -0.25) is 0 Å². The van der Waals surface area contributed by atoms with E-state index in [-0.39, 0.29) is 17.8 Å². The summed E-state index contributed by atoms with van der Waals surface area (Å²) in [4.78, 5) is 24.8. The van der Waals surface area contributed by atoms with Crippen molar-refractivity contribution in [1.82, 2.24) is 4.90 Å². The van der Waals surface area contributed by atoms with Crippen molar-refractivity contribution in [2.45, 2.75) is 18.9 Å². The number of carbonyl (C=O) groups is 2. The van der Waals surface area contributed by atoms with Crippen molar-refractivity contribution in [3.05, 3.63) is 23.8 Å². The Kier molecular flexibility index (Phi) is 4.04. The summed E-state index contributed by atoms with van der Waals surface area (Å²) in [5, 5.41) is 21.6. The minimum absolute atomic E-state index is 0.0475. The molecule has 21 heavy (non-hydrogen) atoms. The van der Waals surface area contributed by atoms with Gasteiger partial charge in [-0.2, -0.15) is 0 Å². The molecule has 1 aromatic carbocycles. The van der Waals surface area contributed by atoms with E-state index in [1.54, 1.807) is 13.0 Å². The van der Waals surface area contributed by atoms with E-state index in [9.17, 15) is 19.8 Å². The SMILES string of the molecule is COc1ccc(NC(=O)N2CCC(C)(O)C2)c(C(=O)O)c1. The number of hydrogen-bond acceptors (Lipinski definition) is 4. The molecule has 114 valence electrons. The molecule has 2 rings (SSSR count). The molecule has 0 spiro atoms. The summed E-state index contributed by atoms with van der Waals surface area (Å²) in [7, 11) is 1.44. The van der Waals surface area contributed by atoms with Gasteiger partial charge in [0.15, 0.2) is 0 Å². The van der Waals surface area contributed by atoms with Crippen LogP contribution in [0.3, 0.4) is 0 Å². The van der Waals surface area contributed by atoms with Gasteiger partial charge in [-0.05, 0) is 31.5 Å². The molecule has 1 aliphatic heterocycles. The highest BCUT2D eigenvalue weighted by Crippen LogP contribution is 2.24. The van der Waals surface area contributed by atoms with Gasteiger partial charge < -0.3 is 25.2 Å². The van der Waals surface area contributed by atoms with Crippen molar-refractivity contribution in [3.8, 4) is 5.75 Å². The van der Waals surface area contributed by atoms with Gasteiger partial charge >= 0.3 is 12.0 Å². The van der Waals surface area contributed by atoms with E-state index in [1.807, 2.05) is 0 Å². The Morgan fingerprint density at radius 2 is 2.14 bits per heavy atom. The van der Waals surface area contributed by atoms with E-state index < -0.39 is 17.6 Å². The first-order valence-corrected chi connectivity index (χ1v) is 6.52. The van der Waals surface area contributed by atoms with Gasteiger partial charge in [0.1, 0.15) is 5.75 Å². The molecule has 0 saturated carbocycles. The summed E-state index contributed by atoms with van der Waals surface area (Å²) in [5.74, 6) is -0.757. The number of likely N-dealkylation sites (tertiary alicyclic amines) is 1. The number of hydrogen-bond donors (Lipinski definition) is 3. The van der Waals surface area contributed by atoms with Crippen molar-refractivity contribution in [2.24, 2.45) is 0 Å². The quantitative estimate of drug-likeness (QED) is 0.782. The number of carboxylic acids is 1. The second-order valence-corrected chi connectivity index (χ2v) is 5.32. The van der Waals surface area contributed by atoms with E-state index in [0.29, 0.717) is 18.7 Å². The number of ether oxygens (including phenoxy) is 1. The summed E-state index contributed by atoms with van der Waals surface area (Å²) in [6, 6.07) is 3.97. The number of aromatic carboxylic acids is 1. The number of benzene rings is 1. The summed E-state index contributed by atoms with van der Waals surface area (Å²) in [5.41, 5.74) is -0.749. The standard InChI is InChI=1S/C14H18N2O5/c1-14(20)5-6-16(8-14)13(19)15-11-4-3-9(21-2)7-10(11)12(17)18/h3-4,7,20H,5-6,8H2,1-2H3,(H,15,19)(H,17,18). The topological polar surface area (TPSA) is 99.1 Å². The van der Waals surface area contributed by atoms with Gasteiger partial charge in [-0.15, -0.1) is 0 Å². The predicted octanol–water partition coefficient (Wildman–Crippen LogP) is 1.38. The first kappa shape index (κ1) is 15.1. The Hall–Kier alpha value is -2.28. The zero-order valence-electron chi connectivity index (χ0n) is 11.9. The van der Waals surface area contributed by atoms with Crippen LogP contribution in [-0.4, -0.2) is 52.9 Å². The Morgan fingerprint density at radius 1 is 1.43 bits per heavy atom. The maximum Gasteiger partial charge on any atom is 0.337 e. The third kappa shape index (κ3) is 3.43. The van der Waals surface area contributed by atoms with Crippen molar-refractivity contribution in [2.75, 3.05) is 25.5 Å². The van der Waals surface area contributed by atoms with Gasteiger partial charge in [0.25, 0.3) is 0 Å². The van der Waals surface area contributed by atoms with Gasteiger partial charge in [0.2, 0.25) is 0 Å². The van der Waals surface area contributed by atoms with E-state index >= 15 is 0 Å². The second kappa shape index (κ2) is 5.61. The number of rotatable bonds is 3. The van der Waals surface area contributed by atoms with E-state index in [4.69, 9.17) is 4.74 Å². The lowest BCUT2D eigenvalue weighted by Crippen LogP contribution is -2.36. The number of methoxy groups -OCH3 is 1. The summed E-state index contributed by atoms with van der Waals surface area (Å²) in [6.45, 7) is 2.31. The number of aliphatic hydroxyl groups is 1. The number of nitrogens with one attached hydrogen (secondary N) is 1. The van der Waals surface area contributed by atoms with Crippen LogP contribution in [0.4, 0.5) is 10.5 Å². The van der Waals surface area contributed by atoms with Gasteiger partial charge in [0.05, 0.1) is 30.5 Å². The first-order chi connectivity index (χ1) is 9.82. The normalized spacial score (nSPS) is 21.2. The second-order valence-electron chi connectivity index (χ2n) is 5.32. The molecule has 0 bridgehead atoms. The highest BCUT2D eigenvalue weighted by molar-refractivity contribution is 6.00. The molecule has 0 radical (unpaired) electrons. The van der Waals surface area contributed by atoms with Gasteiger partial charge in [-0.1, -0.05) is 0 Å². The van der Waals surface area contributed by atoms with Crippen molar-refractivity contribution in [3.63, 3.8) is 0 Å². The van der Waals surface area contributed by atoms with Crippen LogP contribution in [0.2, 0.25) is 0 Å². The van der Waals surface area contributed by atoms with Crippen LogP contribution < -0.4 is 10.1 Å². The molecular formula is C14H18N2O5. The number of β-amino-alcohol motifs (C(OH)–C–C–N with tert-alkyl or cyclic N) is 1. The number of carboxylic acid groups (broad SMARTS) is 1. The molecule has 1 heterocycles. The van der Waals surface area contributed by atoms with Gasteiger partial charge in [0, 0.05) is 6.54 Å². The molecule has 3 N–H and O–H groups in total. The fourth-order valence-corrected chi connectivity index (χ4v) is 2.25. The maximum absolute atomic E-state index is 12.1. The van der Waals surface area contributed by atoms with Crippen LogP contribution in [0, 0.1) is 0 Å². The monoisotopic (exact) mass is 294 g/mol. The van der Waals surface area contributed by atoms with E-state index in [0.717, 1.165) is 0 Å². The molecule has 7 nitrogen and oxygen atoms in total. The van der Waals surface area contributed by atoms with E-state index in [1.165, 1.54) is 24.1 Å². The third-order valence-corrected chi connectivity index (χ3v) is 3.44. The zero-order chi connectivity index (χ0) is 15.6. The maximum atomic E-state index is 12.1. The van der Waals surface area contributed by atoms with Crippen LogP contribution in [0.15, 0.2) is 18.2 Å². The molecule has 2 amide bonds. The molecule has 1 fully saturated rings. The van der Waals surface area contributed by atoms with Crippen molar-refractivity contribution in [1.29, 1.82) is 0 Å². The Balaban J connectivity index is 2.16. The Bertz CT molecular complexity index is 570. The average Bonchev–Trinajstić information content (AvgIpc) is 2.79. The zero-order valence-corrected chi connectivity index (χ0v) is 11.9. The highest BCUT2D eigenvalue weighted by Gasteiger charge is 2.34. The molecule has 1 aliphatic rings. The number of anilines is 1. The van der Waals surface area contributed by atoms with E-state index in [2.05, 4.69) is 5.32 Å². The Labute approximate surface area is 122 Å². The molecule has 1 unspecified atom stereocenters. The molecule has 7 heteroatoms. The summed E-state index contributed by atoms with van der Waals surface area (Å²) < 4.78 is 4.97. The smallest absolute Gasteiger partial charge is 0.337 e. The first-order valence-electron chi connectivity index (χ1n) is 6.52. The number of carbonyl (C=O) groups excluding carboxylic acids is 1. The van der Waals surface area contributed by atoms with Crippen LogP contribution in [0.25, 0.3) is 0 Å². The molecule has 0 aromatic heterocycles. The number of urea groups is 1. The van der Waals surface area contributed by atoms with Gasteiger partial charge in [-0.25, -0.2) is 9.59 Å². The Morgan fingerprint density at radius 3 is 2.67 bits per heavy atom. The summed E-state index contributed by atoms with van der Waals surface area (Å²) >= 11 is 0. The predicted molar refractivity (Wildman–Crippen MR) is 75.8 cm³/mol. The molecule has 1 atom stereocenters. The van der Waals surface area contributed by atoms with Crippen molar-refractivity contribution >= 4 is 17.7 Å². The highest BCUT2D eigenvalue weighted by atomic mass is 16.5. The largest absolute Gasteiger partial charge is 0.497 e. The average molecular weight is 294 g/mol. The number of nitrogens with zero attached hydrogens (tertiary/aromatic N) is 1.